The fourth-order valence-electron chi connectivity index (χ4n) is 4.65. The SMILES string of the molecule is C=CC(O)(Cc1cc(OC)cc(OC)c1OC)[C@@H](O)[C@@](O)(Cc1cc(OC)cc(OC)c1OC)[C@H](O)[C@@H](O)CO. The Kier molecular flexibility index (Phi) is 11.4. The standard InChI is InChI=1S/C28H40O12/c1-8-27(33,13-16-9-18(35-2)11-21(37-4)23(16)39-6)26(32)28(34,25(31)20(30)15-29)14-17-10-19(36-3)12-22(38-5)24(17)40-7/h8-12,20,25-26,29-34H,1,13-15H2,2-7H3/t20-,25+,26+,27?,28+/m0/s1. The second-order valence-electron chi connectivity index (χ2n) is 9.18. The lowest BCUT2D eigenvalue weighted by molar-refractivity contribution is -0.218. The van der Waals surface area contributed by atoms with Crippen LogP contribution in [-0.4, -0.2) is 109 Å². The summed E-state index contributed by atoms with van der Waals surface area (Å²) in [6.45, 7) is 2.69. The number of aliphatic hydroxyl groups excluding tert-OH is 4. The van der Waals surface area contributed by atoms with Crippen LogP contribution in [0.5, 0.6) is 34.5 Å². The van der Waals surface area contributed by atoms with Gasteiger partial charge in [0.15, 0.2) is 23.0 Å². The highest BCUT2D eigenvalue weighted by molar-refractivity contribution is 5.54. The monoisotopic (exact) mass is 568 g/mol. The minimum atomic E-state index is -2.70. The average Bonchev–Trinajstić information content (AvgIpc) is 2.98. The number of aliphatic hydroxyl groups is 6. The molecule has 2 rings (SSSR count). The molecule has 0 saturated carbocycles. The summed E-state index contributed by atoms with van der Waals surface area (Å²) in [4.78, 5) is 0. The van der Waals surface area contributed by atoms with Gasteiger partial charge in [-0.05, 0) is 12.1 Å². The topological polar surface area (TPSA) is 177 Å². The highest BCUT2D eigenvalue weighted by Crippen LogP contribution is 2.42. The Bertz CT molecular complexity index is 1140. The Morgan fingerprint density at radius 1 is 0.725 bits per heavy atom. The smallest absolute Gasteiger partial charge is 0.164 e. The van der Waals surface area contributed by atoms with Crippen LogP contribution in [0, 0.1) is 0 Å². The van der Waals surface area contributed by atoms with Crippen molar-refractivity contribution in [3.63, 3.8) is 0 Å². The molecule has 40 heavy (non-hydrogen) atoms. The predicted molar refractivity (Wildman–Crippen MR) is 145 cm³/mol. The van der Waals surface area contributed by atoms with Crippen molar-refractivity contribution in [1.82, 2.24) is 0 Å². The van der Waals surface area contributed by atoms with Gasteiger partial charge in [-0.3, -0.25) is 0 Å². The van der Waals surface area contributed by atoms with E-state index in [0.717, 1.165) is 6.08 Å². The molecule has 12 nitrogen and oxygen atoms in total. The van der Waals surface area contributed by atoms with Gasteiger partial charge < -0.3 is 59.1 Å². The average molecular weight is 569 g/mol. The summed E-state index contributed by atoms with van der Waals surface area (Å²) in [5, 5.41) is 66.2. The van der Waals surface area contributed by atoms with Crippen LogP contribution in [0.1, 0.15) is 11.1 Å². The maximum atomic E-state index is 11.9. The van der Waals surface area contributed by atoms with Gasteiger partial charge in [0, 0.05) is 36.1 Å². The van der Waals surface area contributed by atoms with Crippen molar-refractivity contribution >= 4 is 0 Å². The maximum absolute atomic E-state index is 11.9. The first-order chi connectivity index (χ1) is 18.9. The van der Waals surface area contributed by atoms with Gasteiger partial charge >= 0.3 is 0 Å². The summed E-state index contributed by atoms with van der Waals surface area (Å²) in [7, 11) is 8.38. The van der Waals surface area contributed by atoms with Gasteiger partial charge in [-0.15, -0.1) is 6.58 Å². The lowest BCUT2D eigenvalue weighted by Crippen LogP contribution is -2.66. The van der Waals surface area contributed by atoms with Crippen LogP contribution >= 0.6 is 0 Å². The van der Waals surface area contributed by atoms with E-state index in [2.05, 4.69) is 6.58 Å². The van der Waals surface area contributed by atoms with E-state index < -0.39 is 49.0 Å². The minimum Gasteiger partial charge on any atom is -0.497 e. The molecule has 0 heterocycles. The van der Waals surface area contributed by atoms with Crippen LogP contribution < -0.4 is 28.4 Å². The Balaban J connectivity index is 2.73. The van der Waals surface area contributed by atoms with Crippen LogP contribution in [0.15, 0.2) is 36.9 Å². The van der Waals surface area contributed by atoms with Gasteiger partial charge in [-0.1, -0.05) is 6.08 Å². The third-order valence-corrected chi connectivity index (χ3v) is 6.84. The number of hydrogen-bond acceptors (Lipinski definition) is 12. The molecule has 0 spiro atoms. The molecule has 2 aromatic rings. The number of methoxy groups -OCH3 is 6. The van der Waals surface area contributed by atoms with Crippen LogP contribution in [0.25, 0.3) is 0 Å². The summed E-state index contributed by atoms with van der Waals surface area (Å²) < 4.78 is 32.3. The molecule has 0 aromatic heterocycles. The van der Waals surface area contributed by atoms with Crippen LogP contribution in [0.4, 0.5) is 0 Å². The highest BCUT2D eigenvalue weighted by atomic mass is 16.5. The number of rotatable bonds is 16. The lowest BCUT2D eigenvalue weighted by Gasteiger charge is -2.45. The lowest BCUT2D eigenvalue weighted by atomic mass is 9.72. The molecule has 0 bridgehead atoms. The van der Waals surface area contributed by atoms with Gasteiger partial charge in [-0.25, -0.2) is 0 Å². The van der Waals surface area contributed by atoms with Crippen molar-refractivity contribution in [2.45, 2.75) is 42.4 Å². The van der Waals surface area contributed by atoms with Crippen molar-refractivity contribution in [1.29, 1.82) is 0 Å². The Labute approximate surface area is 233 Å². The Hall–Kier alpha value is -3.26. The van der Waals surface area contributed by atoms with Crippen molar-refractivity contribution in [3.05, 3.63) is 48.0 Å². The summed E-state index contributed by atoms with van der Waals surface area (Å²) in [6, 6.07) is 6.10. The molecular weight excluding hydrogens is 528 g/mol. The summed E-state index contributed by atoms with van der Waals surface area (Å²) >= 11 is 0. The molecule has 0 saturated heterocycles. The maximum Gasteiger partial charge on any atom is 0.164 e. The second kappa shape index (κ2) is 13.9. The fourth-order valence-corrected chi connectivity index (χ4v) is 4.65. The van der Waals surface area contributed by atoms with E-state index in [-0.39, 0.29) is 28.6 Å². The van der Waals surface area contributed by atoms with E-state index in [1.165, 1.54) is 60.9 Å². The zero-order valence-corrected chi connectivity index (χ0v) is 23.6. The van der Waals surface area contributed by atoms with Gasteiger partial charge in [0.25, 0.3) is 0 Å². The quantitative estimate of drug-likeness (QED) is 0.152. The van der Waals surface area contributed by atoms with E-state index in [1.54, 1.807) is 6.07 Å². The fraction of sp³-hybridized carbons (Fsp3) is 0.500. The third kappa shape index (κ3) is 6.54. The second-order valence-corrected chi connectivity index (χ2v) is 9.18. The first-order valence-electron chi connectivity index (χ1n) is 12.2. The van der Waals surface area contributed by atoms with Gasteiger partial charge in [0.1, 0.15) is 41.0 Å². The predicted octanol–water partition coefficient (Wildman–Crippen LogP) is 0.247. The first-order valence-corrected chi connectivity index (χ1v) is 12.2. The van der Waals surface area contributed by atoms with Gasteiger partial charge in [0.05, 0.1) is 49.3 Å². The molecule has 224 valence electrons. The van der Waals surface area contributed by atoms with Crippen LogP contribution in [0.3, 0.4) is 0 Å². The zero-order valence-electron chi connectivity index (χ0n) is 23.6. The van der Waals surface area contributed by atoms with Crippen LogP contribution in [-0.2, 0) is 12.8 Å². The molecule has 0 aliphatic carbocycles. The van der Waals surface area contributed by atoms with E-state index in [4.69, 9.17) is 28.4 Å². The molecular formula is C28H40O12. The van der Waals surface area contributed by atoms with E-state index >= 15 is 0 Å². The molecule has 5 atom stereocenters. The molecule has 12 heteroatoms. The molecule has 0 aliphatic heterocycles. The highest BCUT2D eigenvalue weighted by Gasteiger charge is 2.54. The summed E-state index contributed by atoms with van der Waals surface area (Å²) in [5.41, 5.74) is -4.55. The largest absolute Gasteiger partial charge is 0.497 e. The van der Waals surface area contributed by atoms with Crippen molar-refractivity contribution in [2.75, 3.05) is 49.3 Å². The van der Waals surface area contributed by atoms with E-state index in [9.17, 15) is 30.6 Å². The molecule has 0 amide bonds. The van der Waals surface area contributed by atoms with Crippen molar-refractivity contribution in [3.8, 4) is 34.5 Å². The van der Waals surface area contributed by atoms with E-state index in [1.807, 2.05) is 0 Å². The number of hydrogen-bond donors (Lipinski definition) is 6. The van der Waals surface area contributed by atoms with Crippen molar-refractivity contribution in [2.24, 2.45) is 0 Å². The first kappa shape index (κ1) is 32.9. The number of ether oxygens (including phenoxy) is 6. The Morgan fingerprint density at radius 3 is 1.52 bits per heavy atom. The zero-order chi connectivity index (χ0) is 30.3. The molecule has 0 radical (unpaired) electrons. The van der Waals surface area contributed by atoms with Gasteiger partial charge in [-0.2, -0.15) is 0 Å². The number of benzene rings is 2. The van der Waals surface area contributed by atoms with E-state index in [0.29, 0.717) is 17.1 Å². The Morgan fingerprint density at radius 2 is 1.18 bits per heavy atom. The summed E-state index contributed by atoms with van der Waals surface area (Å²) in [5.74, 6) is 1.51. The molecule has 0 fully saturated rings. The summed E-state index contributed by atoms with van der Waals surface area (Å²) in [6.07, 6.45) is -6.29. The molecule has 0 aliphatic rings. The normalized spacial score (nSPS) is 16.5. The van der Waals surface area contributed by atoms with Gasteiger partial charge in [0.2, 0.25) is 0 Å². The molecule has 2 aromatic carbocycles. The van der Waals surface area contributed by atoms with Crippen molar-refractivity contribution < 1.29 is 59.1 Å². The third-order valence-electron chi connectivity index (χ3n) is 6.84. The molecule has 1 unspecified atom stereocenters. The van der Waals surface area contributed by atoms with Crippen LogP contribution in [0.2, 0.25) is 0 Å². The minimum absolute atomic E-state index is 0.140. The molecule has 6 N–H and O–H groups in total.